The van der Waals surface area contributed by atoms with Crippen LogP contribution in [0.3, 0.4) is 0 Å². The molecule has 0 amide bonds. The molecule has 8 rings (SSSR count). The van der Waals surface area contributed by atoms with Gasteiger partial charge in [0.1, 0.15) is 0 Å². The molecular formula is C32H31N3OS. The maximum absolute atomic E-state index is 15.1. The quantitative estimate of drug-likeness (QED) is 0.438. The molecule has 2 heterocycles. The van der Waals surface area contributed by atoms with Crippen molar-refractivity contribution in [3.8, 4) is 12.1 Å². The molecule has 4 aliphatic carbocycles. The van der Waals surface area contributed by atoms with Gasteiger partial charge in [0.25, 0.3) is 0 Å². The van der Waals surface area contributed by atoms with E-state index in [1.54, 1.807) is 11.8 Å². The predicted molar refractivity (Wildman–Crippen MR) is 146 cm³/mol. The summed E-state index contributed by atoms with van der Waals surface area (Å²) in [5, 5.41) is 21.4. The number of para-hydroxylation sites is 1. The number of nitriles is 2. The Morgan fingerprint density at radius 3 is 2.16 bits per heavy atom. The van der Waals surface area contributed by atoms with E-state index in [-0.39, 0.29) is 11.2 Å². The Morgan fingerprint density at radius 2 is 1.57 bits per heavy atom. The van der Waals surface area contributed by atoms with E-state index in [4.69, 9.17) is 0 Å². The van der Waals surface area contributed by atoms with Gasteiger partial charge >= 0.3 is 0 Å². The molecule has 4 bridgehead atoms. The lowest BCUT2D eigenvalue weighted by atomic mass is 9.47. The molecule has 3 atom stereocenters. The summed E-state index contributed by atoms with van der Waals surface area (Å²) in [5.74, 6) is 1.72. The van der Waals surface area contributed by atoms with E-state index < -0.39 is 23.4 Å². The van der Waals surface area contributed by atoms with Gasteiger partial charge in [-0.15, -0.1) is 11.8 Å². The van der Waals surface area contributed by atoms with E-state index >= 15 is 4.79 Å². The fourth-order valence-electron chi connectivity index (χ4n) is 9.15. The first-order valence-electron chi connectivity index (χ1n) is 13.6. The van der Waals surface area contributed by atoms with Gasteiger partial charge in [0.2, 0.25) is 0 Å². The number of anilines is 1. The van der Waals surface area contributed by atoms with Crippen LogP contribution in [0, 0.1) is 51.2 Å². The fourth-order valence-corrected chi connectivity index (χ4v) is 9.55. The van der Waals surface area contributed by atoms with Gasteiger partial charge in [-0.3, -0.25) is 4.79 Å². The minimum absolute atomic E-state index is 0.285. The highest BCUT2D eigenvalue weighted by atomic mass is 32.2. The second-order valence-corrected chi connectivity index (χ2v) is 13.0. The van der Waals surface area contributed by atoms with E-state index in [9.17, 15) is 10.5 Å². The van der Waals surface area contributed by atoms with Crippen molar-refractivity contribution >= 4 is 29.3 Å². The summed E-state index contributed by atoms with van der Waals surface area (Å²) in [5.41, 5.74) is 1.26. The molecule has 2 aromatic rings. The van der Waals surface area contributed by atoms with Crippen molar-refractivity contribution in [1.82, 2.24) is 0 Å². The topological polar surface area (TPSA) is 67.9 Å². The molecule has 37 heavy (non-hydrogen) atoms. The van der Waals surface area contributed by atoms with Gasteiger partial charge < -0.3 is 4.90 Å². The Hall–Kier alpha value is -3.02. The van der Waals surface area contributed by atoms with Gasteiger partial charge in [-0.05, 0) is 91.9 Å². The van der Waals surface area contributed by atoms with Crippen molar-refractivity contribution in [3.05, 3.63) is 65.7 Å². The second-order valence-electron chi connectivity index (χ2n) is 12.1. The van der Waals surface area contributed by atoms with Crippen LogP contribution >= 0.6 is 11.8 Å². The van der Waals surface area contributed by atoms with E-state index in [1.165, 1.54) is 19.3 Å². The average Bonchev–Trinajstić information content (AvgIpc) is 3.23. The van der Waals surface area contributed by atoms with Crippen LogP contribution in [0.1, 0.15) is 55.6 Å². The number of carbonyl (C=O) groups excluding carboxylic acids is 1. The Bertz CT molecular complexity index is 1330. The molecular weight excluding hydrogens is 474 g/mol. The molecule has 0 radical (unpaired) electrons. The van der Waals surface area contributed by atoms with E-state index in [0.717, 1.165) is 41.0 Å². The summed E-state index contributed by atoms with van der Waals surface area (Å²) in [4.78, 5) is 18.4. The number of rotatable bonds is 4. The van der Waals surface area contributed by atoms with Gasteiger partial charge in [-0.1, -0.05) is 42.5 Å². The van der Waals surface area contributed by atoms with Gasteiger partial charge in [0.05, 0.1) is 24.2 Å². The number of benzene rings is 2. The summed E-state index contributed by atoms with van der Waals surface area (Å²) in [6.45, 7) is 0. The summed E-state index contributed by atoms with van der Waals surface area (Å²) in [6.07, 6.45) is 12.8. The molecule has 5 heteroatoms. The lowest BCUT2D eigenvalue weighted by Gasteiger charge is -2.57. The van der Waals surface area contributed by atoms with Crippen molar-refractivity contribution in [1.29, 1.82) is 10.5 Å². The van der Waals surface area contributed by atoms with Gasteiger partial charge in [-0.2, -0.15) is 10.5 Å². The van der Waals surface area contributed by atoms with Crippen molar-refractivity contribution in [3.63, 3.8) is 0 Å². The molecule has 0 aromatic heterocycles. The Morgan fingerprint density at radius 1 is 0.946 bits per heavy atom. The molecule has 3 unspecified atom stereocenters. The third-order valence-electron chi connectivity index (χ3n) is 10.2. The third-order valence-corrected chi connectivity index (χ3v) is 11.0. The number of nitrogens with zero attached hydrogens (tertiary/aromatic N) is 3. The van der Waals surface area contributed by atoms with E-state index in [2.05, 4.69) is 41.3 Å². The first-order valence-corrected chi connectivity index (χ1v) is 14.8. The molecule has 5 fully saturated rings. The van der Waals surface area contributed by atoms with Crippen LogP contribution < -0.4 is 4.90 Å². The van der Waals surface area contributed by atoms with Crippen LogP contribution in [0.25, 0.3) is 6.08 Å². The van der Waals surface area contributed by atoms with Crippen molar-refractivity contribution < 1.29 is 4.79 Å². The smallest absolute Gasteiger partial charge is 0.176 e. The first kappa shape index (κ1) is 23.1. The van der Waals surface area contributed by atoms with E-state index in [1.807, 2.05) is 42.7 Å². The Balaban J connectivity index is 1.43. The van der Waals surface area contributed by atoms with Crippen LogP contribution in [0.5, 0.6) is 0 Å². The highest BCUT2D eigenvalue weighted by Crippen LogP contribution is 2.63. The number of carbonyl (C=O) groups is 1. The van der Waals surface area contributed by atoms with Crippen molar-refractivity contribution in [2.45, 2.75) is 61.4 Å². The normalized spacial score (nSPS) is 35.9. The highest BCUT2D eigenvalue weighted by molar-refractivity contribution is 7.98. The van der Waals surface area contributed by atoms with Crippen LogP contribution in [0.15, 0.2) is 59.5 Å². The summed E-state index contributed by atoms with van der Waals surface area (Å²) in [6, 6.07) is 20.3. The molecule has 4 nitrogen and oxygen atoms in total. The zero-order chi connectivity index (χ0) is 25.4. The van der Waals surface area contributed by atoms with Crippen LogP contribution in [0.2, 0.25) is 0 Å². The number of ketones is 1. The minimum Gasteiger partial charge on any atom is -0.351 e. The van der Waals surface area contributed by atoms with Crippen molar-refractivity contribution in [2.75, 3.05) is 11.2 Å². The monoisotopic (exact) mass is 505 g/mol. The molecule has 1 saturated heterocycles. The number of thioether (sulfide) groups is 1. The molecule has 0 N–H and O–H groups in total. The van der Waals surface area contributed by atoms with Crippen LogP contribution in [-0.4, -0.2) is 24.1 Å². The standard InChI is InChI=1S/C32H31N3OS/c1-37-25-9-6-24(7-10-25)28-29(30(36)31-15-20-12-21(16-31)14-22(13-20)17-31)35-26-5-3-2-4-23(26)8-11-27(35)32(28,18-33)19-34/h2-11,20-22,27-29H,12-17H2,1H3. The van der Waals surface area contributed by atoms with E-state index in [0.29, 0.717) is 17.8 Å². The lowest BCUT2D eigenvalue weighted by molar-refractivity contribution is -0.145. The first-order chi connectivity index (χ1) is 18.0. The Kier molecular flexibility index (Phi) is 5.15. The summed E-state index contributed by atoms with van der Waals surface area (Å²) < 4.78 is 0. The molecule has 4 saturated carbocycles. The van der Waals surface area contributed by atoms with Crippen molar-refractivity contribution in [2.24, 2.45) is 28.6 Å². The molecule has 6 aliphatic rings. The number of hydrogen-bond acceptors (Lipinski definition) is 5. The second kappa shape index (κ2) is 8.24. The number of Topliss-reactive ketones (excluding diaryl/α,β-unsaturated/α-hetero) is 1. The molecule has 2 aromatic carbocycles. The van der Waals surface area contributed by atoms with Gasteiger partial charge in [-0.25, -0.2) is 0 Å². The fraction of sp³-hybridized carbons (Fsp3) is 0.469. The average molecular weight is 506 g/mol. The minimum atomic E-state index is -1.35. The Labute approximate surface area is 223 Å². The molecule has 0 spiro atoms. The summed E-state index contributed by atoms with van der Waals surface area (Å²) in [7, 11) is 0. The van der Waals surface area contributed by atoms with Gasteiger partial charge in [0, 0.05) is 21.9 Å². The van der Waals surface area contributed by atoms with Crippen LogP contribution in [0.4, 0.5) is 5.69 Å². The largest absolute Gasteiger partial charge is 0.351 e. The predicted octanol–water partition coefficient (Wildman–Crippen LogP) is 6.60. The summed E-state index contributed by atoms with van der Waals surface area (Å²) >= 11 is 1.67. The molecule has 2 aliphatic heterocycles. The maximum Gasteiger partial charge on any atom is 0.176 e. The number of fused-ring (bicyclic) bond motifs is 3. The SMILES string of the molecule is CSc1ccc(C2C(C(=O)C34CC5CC(CC(C5)C3)C4)N3c4ccccc4C=CC3C2(C#N)C#N)cc1. The van der Waals surface area contributed by atoms with Gasteiger partial charge in [0.15, 0.2) is 11.2 Å². The highest BCUT2D eigenvalue weighted by Gasteiger charge is 2.66. The zero-order valence-electron chi connectivity index (χ0n) is 21.1. The zero-order valence-corrected chi connectivity index (χ0v) is 22.0. The van der Waals surface area contributed by atoms with Crippen LogP contribution in [-0.2, 0) is 4.79 Å². The maximum atomic E-state index is 15.1. The number of hydrogen-bond donors (Lipinski definition) is 0. The third kappa shape index (κ3) is 3.17. The lowest BCUT2D eigenvalue weighted by Crippen LogP contribution is -2.56. The molecule has 186 valence electrons.